The number of benzene rings is 2. The summed E-state index contributed by atoms with van der Waals surface area (Å²) in [6, 6.07) is 10.5. The Balaban J connectivity index is 1.58. The van der Waals surface area contributed by atoms with Crippen molar-refractivity contribution < 1.29 is 27.8 Å². The lowest BCUT2D eigenvalue weighted by molar-refractivity contribution is 0.0950. The highest BCUT2D eigenvalue weighted by molar-refractivity contribution is 7.89. The third kappa shape index (κ3) is 5.47. The maximum absolute atomic E-state index is 12.4. The van der Waals surface area contributed by atoms with Gasteiger partial charge in [-0.25, -0.2) is 13.1 Å². The van der Waals surface area contributed by atoms with E-state index in [1.165, 1.54) is 37.4 Å². The van der Waals surface area contributed by atoms with Crippen molar-refractivity contribution in [2.75, 3.05) is 20.3 Å². The van der Waals surface area contributed by atoms with Crippen molar-refractivity contribution in [3.05, 3.63) is 53.6 Å². The van der Waals surface area contributed by atoms with Crippen molar-refractivity contribution in [1.82, 2.24) is 10.0 Å². The molecule has 0 radical (unpaired) electrons. The van der Waals surface area contributed by atoms with Crippen LogP contribution in [0.15, 0.2) is 47.4 Å². The number of methoxy groups -OCH3 is 1. The average Bonchev–Trinajstić information content (AvgIpc) is 3.25. The minimum absolute atomic E-state index is 0.0208. The summed E-state index contributed by atoms with van der Waals surface area (Å²) in [5, 5.41) is 12.4. The van der Waals surface area contributed by atoms with E-state index in [0.717, 1.165) is 18.4 Å². The lowest BCUT2D eigenvalue weighted by Gasteiger charge is -2.12. The number of phenols is 1. The Kier molecular flexibility index (Phi) is 6.73. The second-order valence-electron chi connectivity index (χ2n) is 6.70. The molecular formula is C20H24N2O6S. The quantitative estimate of drug-likeness (QED) is 0.600. The predicted octanol–water partition coefficient (Wildman–Crippen LogP) is 1.79. The number of phenolic OH excluding ortho intramolecular Hbond substituents is 1. The number of hydrogen-bond acceptors (Lipinski definition) is 6. The summed E-state index contributed by atoms with van der Waals surface area (Å²) in [5.74, 6) is 0.00240. The molecule has 1 saturated heterocycles. The average molecular weight is 420 g/mol. The van der Waals surface area contributed by atoms with E-state index in [0.29, 0.717) is 17.9 Å². The number of carbonyl (C=O) groups excluding carboxylic acids is 1. The Hall–Kier alpha value is -2.62. The fourth-order valence-electron chi connectivity index (χ4n) is 2.99. The number of rotatable bonds is 8. The SMILES string of the molecule is COc1cc(CNC(=O)c2ccc(S(=O)(=O)NCC3CCCO3)cc2)ccc1O. The molecule has 8 nitrogen and oxygen atoms in total. The molecule has 1 fully saturated rings. The molecule has 1 aliphatic heterocycles. The van der Waals surface area contributed by atoms with Crippen LogP contribution < -0.4 is 14.8 Å². The Bertz CT molecular complexity index is 953. The van der Waals surface area contributed by atoms with Crippen LogP contribution in [-0.4, -0.2) is 45.8 Å². The number of hydrogen-bond donors (Lipinski definition) is 3. The zero-order valence-electron chi connectivity index (χ0n) is 16.1. The van der Waals surface area contributed by atoms with E-state index in [1.54, 1.807) is 12.1 Å². The number of carbonyl (C=O) groups is 1. The van der Waals surface area contributed by atoms with Crippen LogP contribution in [-0.2, 0) is 21.3 Å². The zero-order valence-corrected chi connectivity index (χ0v) is 16.9. The lowest BCUT2D eigenvalue weighted by atomic mass is 10.1. The van der Waals surface area contributed by atoms with Crippen molar-refractivity contribution in [2.45, 2.75) is 30.4 Å². The molecule has 2 aromatic rings. The van der Waals surface area contributed by atoms with E-state index in [-0.39, 0.29) is 35.7 Å². The van der Waals surface area contributed by atoms with Gasteiger partial charge >= 0.3 is 0 Å². The standard InChI is InChI=1S/C20H24N2O6S/c1-27-19-11-14(4-9-18(19)23)12-21-20(24)15-5-7-17(8-6-15)29(25,26)22-13-16-3-2-10-28-16/h4-9,11,16,22-23H,2-3,10,12-13H2,1H3,(H,21,24). The summed E-state index contributed by atoms with van der Waals surface area (Å²) < 4.78 is 37.7. The van der Waals surface area contributed by atoms with E-state index >= 15 is 0 Å². The monoisotopic (exact) mass is 420 g/mol. The first-order chi connectivity index (χ1) is 13.9. The highest BCUT2D eigenvalue weighted by Gasteiger charge is 2.20. The highest BCUT2D eigenvalue weighted by atomic mass is 32.2. The van der Waals surface area contributed by atoms with Gasteiger partial charge in [0.2, 0.25) is 10.0 Å². The van der Waals surface area contributed by atoms with Crippen LogP contribution in [0.5, 0.6) is 11.5 Å². The van der Waals surface area contributed by atoms with Gasteiger partial charge in [-0.05, 0) is 54.8 Å². The minimum atomic E-state index is -3.66. The second kappa shape index (κ2) is 9.25. The molecule has 1 amide bonds. The topological polar surface area (TPSA) is 114 Å². The van der Waals surface area contributed by atoms with E-state index in [9.17, 15) is 18.3 Å². The number of sulfonamides is 1. The fourth-order valence-corrected chi connectivity index (χ4v) is 4.06. The minimum Gasteiger partial charge on any atom is -0.504 e. The normalized spacial score (nSPS) is 16.5. The van der Waals surface area contributed by atoms with Crippen molar-refractivity contribution in [3.8, 4) is 11.5 Å². The molecular weight excluding hydrogens is 396 g/mol. The summed E-state index contributed by atoms with van der Waals surface area (Å²) in [5.41, 5.74) is 1.10. The predicted molar refractivity (Wildman–Crippen MR) is 106 cm³/mol. The Morgan fingerprint density at radius 3 is 2.66 bits per heavy atom. The van der Waals surface area contributed by atoms with Gasteiger partial charge in [0.15, 0.2) is 11.5 Å². The summed E-state index contributed by atoms with van der Waals surface area (Å²) in [7, 11) is -2.21. The molecule has 1 aliphatic rings. The zero-order chi connectivity index (χ0) is 20.9. The van der Waals surface area contributed by atoms with E-state index < -0.39 is 10.0 Å². The third-order valence-electron chi connectivity index (χ3n) is 4.65. The van der Waals surface area contributed by atoms with Crippen LogP contribution in [0.4, 0.5) is 0 Å². The first-order valence-electron chi connectivity index (χ1n) is 9.24. The Morgan fingerprint density at radius 1 is 1.24 bits per heavy atom. The van der Waals surface area contributed by atoms with E-state index in [1.807, 2.05) is 0 Å². The largest absolute Gasteiger partial charge is 0.504 e. The molecule has 1 heterocycles. The first-order valence-corrected chi connectivity index (χ1v) is 10.7. The highest BCUT2D eigenvalue weighted by Crippen LogP contribution is 2.26. The van der Waals surface area contributed by atoms with Gasteiger partial charge in [-0.2, -0.15) is 0 Å². The molecule has 0 bridgehead atoms. The van der Waals surface area contributed by atoms with Gasteiger partial charge in [0.1, 0.15) is 0 Å². The van der Waals surface area contributed by atoms with Gasteiger partial charge in [0.25, 0.3) is 5.91 Å². The second-order valence-corrected chi connectivity index (χ2v) is 8.47. The molecule has 0 saturated carbocycles. The van der Waals surface area contributed by atoms with Crippen molar-refractivity contribution in [1.29, 1.82) is 0 Å². The molecule has 9 heteroatoms. The number of aromatic hydroxyl groups is 1. The summed E-state index contributed by atoms with van der Waals surface area (Å²) in [6.45, 7) is 1.13. The molecule has 0 spiro atoms. The molecule has 1 unspecified atom stereocenters. The van der Waals surface area contributed by atoms with Crippen molar-refractivity contribution >= 4 is 15.9 Å². The molecule has 3 rings (SSSR count). The van der Waals surface area contributed by atoms with E-state index in [4.69, 9.17) is 9.47 Å². The molecule has 156 valence electrons. The van der Waals surface area contributed by atoms with Gasteiger partial charge in [0, 0.05) is 25.3 Å². The number of amides is 1. The number of nitrogens with one attached hydrogen (secondary N) is 2. The van der Waals surface area contributed by atoms with Crippen LogP contribution in [0, 0.1) is 0 Å². The van der Waals surface area contributed by atoms with Gasteiger partial charge in [-0.3, -0.25) is 4.79 Å². The Morgan fingerprint density at radius 2 is 2.00 bits per heavy atom. The van der Waals surface area contributed by atoms with Gasteiger partial charge in [0.05, 0.1) is 18.1 Å². The van der Waals surface area contributed by atoms with Gasteiger partial charge in [-0.1, -0.05) is 6.07 Å². The molecule has 3 N–H and O–H groups in total. The van der Waals surface area contributed by atoms with Crippen LogP contribution in [0.3, 0.4) is 0 Å². The van der Waals surface area contributed by atoms with Gasteiger partial charge in [-0.15, -0.1) is 0 Å². The third-order valence-corrected chi connectivity index (χ3v) is 6.09. The molecule has 29 heavy (non-hydrogen) atoms. The van der Waals surface area contributed by atoms with Crippen LogP contribution in [0.1, 0.15) is 28.8 Å². The molecule has 2 aromatic carbocycles. The maximum Gasteiger partial charge on any atom is 0.251 e. The van der Waals surface area contributed by atoms with Crippen LogP contribution in [0.25, 0.3) is 0 Å². The molecule has 1 atom stereocenters. The number of ether oxygens (including phenoxy) is 2. The summed E-state index contributed by atoms with van der Waals surface area (Å²) in [4.78, 5) is 12.4. The smallest absolute Gasteiger partial charge is 0.251 e. The van der Waals surface area contributed by atoms with Gasteiger partial charge < -0.3 is 19.9 Å². The molecule has 0 aliphatic carbocycles. The summed E-state index contributed by atoms with van der Waals surface area (Å²) >= 11 is 0. The van der Waals surface area contributed by atoms with Crippen LogP contribution >= 0.6 is 0 Å². The first kappa shape index (κ1) is 21.1. The Labute approximate surface area is 169 Å². The van der Waals surface area contributed by atoms with E-state index in [2.05, 4.69) is 10.0 Å². The van der Waals surface area contributed by atoms with Crippen LogP contribution in [0.2, 0.25) is 0 Å². The summed E-state index contributed by atoms with van der Waals surface area (Å²) in [6.07, 6.45) is 1.69. The van der Waals surface area contributed by atoms with Crippen molar-refractivity contribution in [2.24, 2.45) is 0 Å². The van der Waals surface area contributed by atoms with Crippen molar-refractivity contribution in [3.63, 3.8) is 0 Å². The lowest BCUT2D eigenvalue weighted by Crippen LogP contribution is -2.31. The maximum atomic E-state index is 12.4. The fraction of sp³-hybridized carbons (Fsp3) is 0.350. The molecule has 0 aromatic heterocycles.